The van der Waals surface area contributed by atoms with E-state index in [1.165, 1.54) is 6.07 Å². The van der Waals surface area contributed by atoms with E-state index in [9.17, 15) is 9.18 Å². The molecule has 1 fully saturated rings. The Labute approximate surface area is 109 Å². The Kier molecular flexibility index (Phi) is 3.82. The summed E-state index contributed by atoms with van der Waals surface area (Å²) in [5.41, 5.74) is 1.10. The summed E-state index contributed by atoms with van der Waals surface area (Å²) in [6, 6.07) is 4.86. The molecular weight excluding hydrogens is 285 g/mol. The fourth-order valence-corrected chi connectivity index (χ4v) is 2.89. The summed E-state index contributed by atoms with van der Waals surface area (Å²) in [6.45, 7) is 2.59. The molecule has 1 amide bonds. The Balaban J connectivity index is 2.27. The van der Waals surface area contributed by atoms with Crippen molar-refractivity contribution in [2.75, 3.05) is 11.9 Å². The monoisotopic (exact) mass is 299 g/mol. The number of aryl methyl sites for hydroxylation is 1. The van der Waals surface area contributed by atoms with Gasteiger partial charge in [-0.3, -0.25) is 4.79 Å². The van der Waals surface area contributed by atoms with Crippen LogP contribution in [0.4, 0.5) is 4.39 Å². The molecule has 0 aliphatic carbocycles. The molecule has 2 nitrogen and oxygen atoms in total. The molecule has 0 aromatic heterocycles. The van der Waals surface area contributed by atoms with Gasteiger partial charge in [0.1, 0.15) is 5.82 Å². The average molecular weight is 300 g/mol. The highest BCUT2D eigenvalue weighted by Gasteiger charge is 2.29. The quantitative estimate of drug-likeness (QED) is 0.768. The minimum atomic E-state index is -0.430. The number of hydrogen-bond acceptors (Lipinski definition) is 1. The van der Waals surface area contributed by atoms with Crippen molar-refractivity contribution in [3.8, 4) is 0 Å². The largest absolute Gasteiger partial charge is 0.335 e. The first-order chi connectivity index (χ1) is 8.13. The zero-order valence-electron chi connectivity index (χ0n) is 9.75. The summed E-state index contributed by atoms with van der Waals surface area (Å²) in [5.74, 6) is -0.617. The average Bonchev–Trinajstić information content (AvgIpc) is 2.79. The number of benzene rings is 1. The molecule has 1 atom stereocenters. The van der Waals surface area contributed by atoms with Crippen LogP contribution in [0.3, 0.4) is 0 Å². The molecule has 0 N–H and O–H groups in total. The Morgan fingerprint density at radius 2 is 2.35 bits per heavy atom. The maximum atomic E-state index is 13.6. The molecule has 0 radical (unpaired) electrons. The number of likely N-dealkylation sites (tertiary alicyclic amines) is 1. The molecular formula is C13H15BrFNO. The fraction of sp³-hybridized carbons (Fsp3) is 0.462. The minimum absolute atomic E-state index is 0.187. The van der Waals surface area contributed by atoms with Crippen LogP contribution in [-0.4, -0.2) is 28.7 Å². The lowest BCUT2D eigenvalue weighted by Crippen LogP contribution is -2.36. The lowest BCUT2D eigenvalue weighted by atomic mass is 10.1. The number of carbonyl (C=O) groups is 1. The number of amides is 1. The van der Waals surface area contributed by atoms with Gasteiger partial charge in [-0.2, -0.15) is 0 Å². The van der Waals surface area contributed by atoms with E-state index < -0.39 is 5.82 Å². The van der Waals surface area contributed by atoms with Crippen LogP contribution in [0.15, 0.2) is 18.2 Å². The molecule has 0 spiro atoms. The van der Waals surface area contributed by atoms with Gasteiger partial charge in [0.05, 0.1) is 5.56 Å². The van der Waals surface area contributed by atoms with Crippen LogP contribution in [-0.2, 0) is 0 Å². The van der Waals surface area contributed by atoms with Crippen LogP contribution < -0.4 is 0 Å². The summed E-state index contributed by atoms with van der Waals surface area (Å²) < 4.78 is 13.6. The molecule has 1 heterocycles. The van der Waals surface area contributed by atoms with Crippen LogP contribution in [0, 0.1) is 12.7 Å². The van der Waals surface area contributed by atoms with E-state index in [4.69, 9.17) is 0 Å². The van der Waals surface area contributed by atoms with E-state index in [2.05, 4.69) is 15.9 Å². The summed E-state index contributed by atoms with van der Waals surface area (Å²) in [6.07, 6.45) is 1.99. The normalized spacial score (nSPS) is 19.7. The second-order valence-corrected chi connectivity index (χ2v) is 5.08. The third-order valence-electron chi connectivity index (χ3n) is 3.17. The van der Waals surface area contributed by atoms with Crippen molar-refractivity contribution in [1.29, 1.82) is 0 Å². The Hall–Kier alpha value is -0.900. The van der Waals surface area contributed by atoms with E-state index in [1.54, 1.807) is 17.0 Å². The van der Waals surface area contributed by atoms with Gasteiger partial charge in [-0.15, -0.1) is 0 Å². The predicted molar refractivity (Wildman–Crippen MR) is 69.0 cm³/mol. The molecule has 1 aliphatic heterocycles. The van der Waals surface area contributed by atoms with Crippen LogP contribution in [0.25, 0.3) is 0 Å². The topological polar surface area (TPSA) is 20.3 Å². The second kappa shape index (κ2) is 5.17. The third kappa shape index (κ3) is 2.51. The first-order valence-electron chi connectivity index (χ1n) is 5.76. The molecule has 1 aromatic rings. The number of halogens is 2. The second-order valence-electron chi connectivity index (χ2n) is 4.43. The Bertz CT molecular complexity index is 435. The van der Waals surface area contributed by atoms with E-state index in [0.717, 1.165) is 30.3 Å². The SMILES string of the molecule is Cc1ccc(F)c(C(=O)N2CCCC2CBr)c1. The highest BCUT2D eigenvalue weighted by molar-refractivity contribution is 9.09. The number of alkyl halides is 1. The number of hydrogen-bond donors (Lipinski definition) is 0. The fourth-order valence-electron chi connectivity index (χ4n) is 2.22. The van der Waals surface area contributed by atoms with Gasteiger partial charge in [0.25, 0.3) is 5.91 Å². The molecule has 0 saturated carbocycles. The van der Waals surface area contributed by atoms with Crippen molar-refractivity contribution in [2.24, 2.45) is 0 Å². The van der Waals surface area contributed by atoms with Crippen molar-refractivity contribution in [3.63, 3.8) is 0 Å². The molecule has 92 valence electrons. The smallest absolute Gasteiger partial charge is 0.257 e. The summed E-state index contributed by atoms with van der Waals surface area (Å²) in [7, 11) is 0. The molecule has 1 aromatic carbocycles. The standard InChI is InChI=1S/C13H15BrFNO/c1-9-4-5-12(15)11(7-9)13(17)16-6-2-3-10(16)8-14/h4-5,7,10H,2-3,6,8H2,1H3. The molecule has 4 heteroatoms. The van der Waals surface area contributed by atoms with E-state index in [-0.39, 0.29) is 17.5 Å². The molecule has 0 bridgehead atoms. The highest BCUT2D eigenvalue weighted by atomic mass is 79.9. The number of rotatable bonds is 2. The lowest BCUT2D eigenvalue weighted by Gasteiger charge is -2.23. The number of carbonyl (C=O) groups excluding carboxylic acids is 1. The van der Waals surface area contributed by atoms with E-state index >= 15 is 0 Å². The third-order valence-corrected chi connectivity index (χ3v) is 3.92. The van der Waals surface area contributed by atoms with Gasteiger partial charge in [0, 0.05) is 17.9 Å². The van der Waals surface area contributed by atoms with Gasteiger partial charge < -0.3 is 4.90 Å². The van der Waals surface area contributed by atoms with Crippen molar-refractivity contribution >= 4 is 21.8 Å². The molecule has 1 aliphatic rings. The first kappa shape index (κ1) is 12.6. The predicted octanol–water partition coefficient (Wildman–Crippen LogP) is 3.13. The van der Waals surface area contributed by atoms with Gasteiger partial charge in [-0.1, -0.05) is 27.6 Å². The van der Waals surface area contributed by atoms with Gasteiger partial charge in [0.2, 0.25) is 0 Å². The van der Waals surface area contributed by atoms with Crippen molar-refractivity contribution in [1.82, 2.24) is 4.90 Å². The lowest BCUT2D eigenvalue weighted by molar-refractivity contribution is 0.0745. The van der Waals surface area contributed by atoms with Gasteiger partial charge in [-0.05, 0) is 31.9 Å². The minimum Gasteiger partial charge on any atom is -0.335 e. The van der Waals surface area contributed by atoms with Gasteiger partial charge >= 0.3 is 0 Å². The highest BCUT2D eigenvalue weighted by Crippen LogP contribution is 2.23. The maximum Gasteiger partial charge on any atom is 0.257 e. The first-order valence-corrected chi connectivity index (χ1v) is 6.88. The summed E-state index contributed by atoms with van der Waals surface area (Å²) in [5, 5.41) is 0.756. The van der Waals surface area contributed by atoms with Crippen LogP contribution >= 0.6 is 15.9 Å². The molecule has 1 unspecified atom stereocenters. The van der Waals surface area contributed by atoms with Crippen molar-refractivity contribution in [3.05, 3.63) is 35.1 Å². The maximum absolute atomic E-state index is 13.6. The molecule has 1 saturated heterocycles. The molecule has 2 rings (SSSR count). The van der Waals surface area contributed by atoms with E-state index in [0.29, 0.717) is 0 Å². The van der Waals surface area contributed by atoms with Crippen molar-refractivity contribution in [2.45, 2.75) is 25.8 Å². The van der Waals surface area contributed by atoms with Gasteiger partial charge in [-0.25, -0.2) is 4.39 Å². The Morgan fingerprint density at radius 1 is 1.59 bits per heavy atom. The summed E-state index contributed by atoms with van der Waals surface area (Å²) >= 11 is 3.40. The summed E-state index contributed by atoms with van der Waals surface area (Å²) in [4.78, 5) is 14.0. The van der Waals surface area contributed by atoms with E-state index in [1.807, 2.05) is 6.92 Å². The number of nitrogens with zero attached hydrogens (tertiary/aromatic N) is 1. The van der Waals surface area contributed by atoms with Crippen LogP contribution in [0.5, 0.6) is 0 Å². The van der Waals surface area contributed by atoms with Crippen molar-refractivity contribution < 1.29 is 9.18 Å². The molecule has 17 heavy (non-hydrogen) atoms. The zero-order valence-corrected chi connectivity index (χ0v) is 11.3. The van der Waals surface area contributed by atoms with Gasteiger partial charge in [0.15, 0.2) is 0 Å². The Morgan fingerprint density at radius 3 is 3.06 bits per heavy atom. The van der Waals surface area contributed by atoms with Crippen LogP contribution in [0.1, 0.15) is 28.8 Å². The zero-order chi connectivity index (χ0) is 12.4. The van der Waals surface area contributed by atoms with Crippen LogP contribution in [0.2, 0.25) is 0 Å².